The number of nitrogens with one attached hydrogen (secondary N) is 1. The van der Waals surface area contributed by atoms with Crippen LogP contribution in [-0.2, 0) is 11.3 Å². The van der Waals surface area contributed by atoms with Gasteiger partial charge in [0.1, 0.15) is 13.2 Å². The number of rotatable bonds is 4. The lowest BCUT2D eigenvalue weighted by molar-refractivity contribution is 0.00883. The highest BCUT2D eigenvalue weighted by molar-refractivity contribution is 5.43. The molecule has 2 heterocycles. The molecule has 0 saturated carbocycles. The van der Waals surface area contributed by atoms with Crippen LogP contribution in [0.4, 0.5) is 0 Å². The Morgan fingerprint density at radius 3 is 2.85 bits per heavy atom. The lowest BCUT2D eigenvalue weighted by atomic mass is 10.1. The first kappa shape index (κ1) is 13.7. The largest absolute Gasteiger partial charge is 0.486 e. The zero-order valence-corrected chi connectivity index (χ0v) is 11.9. The Hall–Kier alpha value is -1.30. The van der Waals surface area contributed by atoms with Crippen molar-refractivity contribution in [3.05, 3.63) is 23.8 Å². The topological polar surface area (TPSA) is 43.0 Å². The average Bonchev–Trinajstić information content (AvgIpc) is 2.48. The van der Waals surface area contributed by atoms with Crippen LogP contribution in [0.1, 0.15) is 5.56 Å². The second-order valence-electron chi connectivity index (χ2n) is 5.37. The Bertz CT molecular complexity index is 447. The molecule has 110 valence electrons. The van der Waals surface area contributed by atoms with Gasteiger partial charge in [-0.15, -0.1) is 0 Å². The SMILES string of the molecule is CN(Cc1ccc2c(c1)OCCO2)CC1CNCCO1. The summed E-state index contributed by atoms with van der Waals surface area (Å²) in [6.07, 6.45) is 0.283. The molecule has 1 unspecified atom stereocenters. The minimum atomic E-state index is 0.283. The zero-order valence-electron chi connectivity index (χ0n) is 11.9. The maximum atomic E-state index is 5.73. The lowest BCUT2D eigenvalue weighted by Gasteiger charge is -2.28. The van der Waals surface area contributed by atoms with Crippen LogP contribution in [0.25, 0.3) is 0 Å². The first-order valence-corrected chi connectivity index (χ1v) is 7.20. The summed E-state index contributed by atoms with van der Waals surface area (Å²) < 4.78 is 16.9. The zero-order chi connectivity index (χ0) is 13.8. The number of likely N-dealkylation sites (N-methyl/N-ethyl adjacent to an activating group) is 1. The number of ether oxygens (including phenoxy) is 3. The van der Waals surface area contributed by atoms with Crippen LogP contribution in [-0.4, -0.2) is 57.5 Å². The van der Waals surface area contributed by atoms with E-state index >= 15 is 0 Å². The molecule has 2 aliphatic heterocycles. The monoisotopic (exact) mass is 278 g/mol. The Kier molecular flexibility index (Phi) is 4.40. The third-order valence-corrected chi connectivity index (χ3v) is 3.58. The van der Waals surface area contributed by atoms with E-state index in [0.29, 0.717) is 13.2 Å². The molecule has 0 aliphatic carbocycles. The fourth-order valence-electron chi connectivity index (χ4n) is 2.65. The molecule has 1 atom stereocenters. The van der Waals surface area contributed by atoms with Gasteiger partial charge in [-0.2, -0.15) is 0 Å². The summed E-state index contributed by atoms with van der Waals surface area (Å²) in [6, 6.07) is 6.17. The Balaban J connectivity index is 1.56. The van der Waals surface area contributed by atoms with Crippen molar-refractivity contribution in [1.82, 2.24) is 10.2 Å². The maximum absolute atomic E-state index is 5.73. The summed E-state index contributed by atoms with van der Waals surface area (Å²) in [6.45, 7) is 5.79. The van der Waals surface area contributed by atoms with E-state index in [9.17, 15) is 0 Å². The molecule has 5 nitrogen and oxygen atoms in total. The molecular formula is C15H22N2O3. The Labute approximate surface area is 119 Å². The van der Waals surface area contributed by atoms with Gasteiger partial charge in [0.25, 0.3) is 0 Å². The molecule has 0 amide bonds. The van der Waals surface area contributed by atoms with E-state index in [4.69, 9.17) is 14.2 Å². The molecule has 5 heteroatoms. The highest BCUT2D eigenvalue weighted by Crippen LogP contribution is 2.31. The summed E-state index contributed by atoms with van der Waals surface area (Å²) >= 11 is 0. The first-order valence-electron chi connectivity index (χ1n) is 7.20. The molecule has 0 aromatic heterocycles. The molecule has 1 saturated heterocycles. The van der Waals surface area contributed by atoms with Gasteiger partial charge in [-0.05, 0) is 24.7 Å². The molecule has 1 aromatic carbocycles. The maximum Gasteiger partial charge on any atom is 0.161 e. The third-order valence-electron chi connectivity index (χ3n) is 3.58. The molecule has 0 radical (unpaired) electrons. The van der Waals surface area contributed by atoms with Crippen LogP contribution in [0.3, 0.4) is 0 Å². The Morgan fingerprint density at radius 1 is 1.20 bits per heavy atom. The first-order chi connectivity index (χ1) is 9.81. The van der Waals surface area contributed by atoms with E-state index in [1.165, 1.54) is 5.56 Å². The van der Waals surface area contributed by atoms with Gasteiger partial charge in [0.2, 0.25) is 0 Å². The molecule has 1 fully saturated rings. The number of fused-ring (bicyclic) bond motifs is 1. The van der Waals surface area contributed by atoms with E-state index in [0.717, 1.165) is 44.3 Å². The van der Waals surface area contributed by atoms with Gasteiger partial charge >= 0.3 is 0 Å². The van der Waals surface area contributed by atoms with Crippen molar-refractivity contribution in [2.24, 2.45) is 0 Å². The predicted octanol–water partition coefficient (Wildman–Crippen LogP) is 0.878. The van der Waals surface area contributed by atoms with Crippen LogP contribution in [0, 0.1) is 0 Å². The van der Waals surface area contributed by atoms with Gasteiger partial charge in [0, 0.05) is 26.2 Å². The van der Waals surface area contributed by atoms with E-state index in [2.05, 4.69) is 29.4 Å². The number of hydrogen-bond acceptors (Lipinski definition) is 5. The van der Waals surface area contributed by atoms with Crippen LogP contribution in [0.2, 0.25) is 0 Å². The fraction of sp³-hybridized carbons (Fsp3) is 0.600. The van der Waals surface area contributed by atoms with E-state index in [1.54, 1.807) is 0 Å². The smallest absolute Gasteiger partial charge is 0.161 e. The van der Waals surface area contributed by atoms with Gasteiger partial charge in [-0.1, -0.05) is 6.07 Å². The van der Waals surface area contributed by atoms with Gasteiger partial charge in [0.15, 0.2) is 11.5 Å². The molecule has 3 rings (SSSR count). The number of hydrogen-bond donors (Lipinski definition) is 1. The van der Waals surface area contributed by atoms with E-state index in [1.807, 2.05) is 6.07 Å². The van der Waals surface area contributed by atoms with Crippen LogP contribution in [0.15, 0.2) is 18.2 Å². The number of nitrogens with zero attached hydrogens (tertiary/aromatic N) is 1. The predicted molar refractivity (Wildman–Crippen MR) is 76.4 cm³/mol. The highest BCUT2D eigenvalue weighted by atomic mass is 16.6. The molecule has 2 aliphatic rings. The minimum absolute atomic E-state index is 0.283. The fourth-order valence-corrected chi connectivity index (χ4v) is 2.65. The van der Waals surface area contributed by atoms with Crippen molar-refractivity contribution < 1.29 is 14.2 Å². The van der Waals surface area contributed by atoms with Crippen molar-refractivity contribution in [2.75, 3.05) is 46.5 Å². The number of morpholine rings is 1. The Morgan fingerprint density at radius 2 is 2.05 bits per heavy atom. The van der Waals surface area contributed by atoms with Crippen molar-refractivity contribution in [3.63, 3.8) is 0 Å². The third kappa shape index (κ3) is 3.42. The average molecular weight is 278 g/mol. The summed E-state index contributed by atoms with van der Waals surface area (Å²) in [4.78, 5) is 2.28. The summed E-state index contributed by atoms with van der Waals surface area (Å²) in [5, 5.41) is 3.36. The lowest BCUT2D eigenvalue weighted by Crippen LogP contribution is -2.44. The molecule has 1 N–H and O–H groups in total. The van der Waals surface area contributed by atoms with Crippen molar-refractivity contribution >= 4 is 0 Å². The minimum Gasteiger partial charge on any atom is -0.486 e. The molecule has 0 spiro atoms. The van der Waals surface area contributed by atoms with Gasteiger partial charge in [-0.25, -0.2) is 0 Å². The highest BCUT2D eigenvalue weighted by Gasteiger charge is 2.16. The quantitative estimate of drug-likeness (QED) is 0.885. The second kappa shape index (κ2) is 6.43. The van der Waals surface area contributed by atoms with Crippen LogP contribution < -0.4 is 14.8 Å². The van der Waals surface area contributed by atoms with Crippen molar-refractivity contribution in [3.8, 4) is 11.5 Å². The molecule has 20 heavy (non-hydrogen) atoms. The van der Waals surface area contributed by atoms with Gasteiger partial charge in [0.05, 0.1) is 12.7 Å². The van der Waals surface area contributed by atoms with Crippen molar-refractivity contribution in [2.45, 2.75) is 12.6 Å². The second-order valence-corrected chi connectivity index (χ2v) is 5.37. The van der Waals surface area contributed by atoms with E-state index < -0.39 is 0 Å². The van der Waals surface area contributed by atoms with Crippen molar-refractivity contribution in [1.29, 1.82) is 0 Å². The van der Waals surface area contributed by atoms with Crippen LogP contribution >= 0.6 is 0 Å². The molecule has 1 aromatic rings. The molecular weight excluding hydrogens is 256 g/mol. The van der Waals surface area contributed by atoms with Gasteiger partial charge in [-0.3, -0.25) is 4.90 Å². The van der Waals surface area contributed by atoms with E-state index in [-0.39, 0.29) is 6.10 Å². The summed E-state index contributed by atoms with van der Waals surface area (Å²) in [5.41, 5.74) is 1.24. The molecule has 0 bridgehead atoms. The normalized spacial score (nSPS) is 22.0. The summed E-state index contributed by atoms with van der Waals surface area (Å²) in [7, 11) is 2.12. The standard InChI is InChI=1S/C15H22N2O3/c1-17(11-13-9-16-4-5-18-13)10-12-2-3-14-15(8-12)20-7-6-19-14/h2-3,8,13,16H,4-7,9-11H2,1H3. The summed E-state index contributed by atoms with van der Waals surface area (Å²) in [5.74, 6) is 1.71. The van der Waals surface area contributed by atoms with Crippen LogP contribution in [0.5, 0.6) is 11.5 Å². The number of benzene rings is 1. The van der Waals surface area contributed by atoms with Gasteiger partial charge < -0.3 is 19.5 Å².